The highest BCUT2D eigenvalue weighted by Gasteiger charge is 2.15. The Morgan fingerprint density at radius 2 is 1.76 bits per heavy atom. The Kier molecular flexibility index (Phi) is 8.58. The minimum absolute atomic E-state index is 0.384. The van der Waals surface area contributed by atoms with Gasteiger partial charge < -0.3 is 10.1 Å². The average molecular weight is 292 g/mol. The largest absolute Gasteiger partial charge is 0.380 e. The lowest BCUT2D eigenvalue weighted by Crippen LogP contribution is -2.37. The number of likely N-dealkylation sites (N-methyl/N-ethyl adjacent to an activating group) is 2. The Morgan fingerprint density at radius 3 is 2.29 bits per heavy atom. The fraction of sp³-hybridized carbons (Fsp3) is 0.667. The molecule has 0 saturated carbocycles. The van der Waals surface area contributed by atoms with Gasteiger partial charge in [-0.15, -0.1) is 0 Å². The van der Waals surface area contributed by atoms with Crippen LogP contribution in [0.1, 0.15) is 43.5 Å². The summed E-state index contributed by atoms with van der Waals surface area (Å²) in [5.41, 5.74) is 4.07. The van der Waals surface area contributed by atoms with Gasteiger partial charge in [-0.05, 0) is 39.4 Å². The predicted molar refractivity (Wildman–Crippen MR) is 90.9 cm³/mol. The second-order valence-electron chi connectivity index (χ2n) is 5.62. The topological polar surface area (TPSA) is 24.5 Å². The van der Waals surface area contributed by atoms with Gasteiger partial charge in [0, 0.05) is 25.7 Å². The fourth-order valence-electron chi connectivity index (χ4n) is 2.72. The highest BCUT2D eigenvalue weighted by molar-refractivity contribution is 5.31. The maximum atomic E-state index is 5.49. The minimum atomic E-state index is 0.384. The molecule has 0 aliphatic rings. The molecule has 1 N–H and O–H groups in total. The van der Waals surface area contributed by atoms with Gasteiger partial charge in [-0.1, -0.05) is 43.2 Å². The monoisotopic (exact) mass is 292 g/mol. The Bertz CT molecular complexity index is 386. The molecular weight excluding hydrogens is 260 g/mol. The molecule has 0 bridgehead atoms. The molecule has 3 heteroatoms. The first-order valence-corrected chi connectivity index (χ1v) is 8.22. The van der Waals surface area contributed by atoms with Crippen LogP contribution in [0.25, 0.3) is 0 Å². The molecule has 1 aromatic carbocycles. The van der Waals surface area contributed by atoms with E-state index in [2.05, 4.69) is 56.1 Å². The van der Waals surface area contributed by atoms with E-state index in [9.17, 15) is 0 Å². The summed E-state index contributed by atoms with van der Waals surface area (Å²) in [5.74, 6) is 0. The van der Waals surface area contributed by atoms with Gasteiger partial charge in [0.2, 0.25) is 0 Å². The van der Waals surface area contributed by atoms with Crippen LogP contribution in [0.15, 0.2) is 18.2 Å². The predicted octanol–water partition coefficient (Wildman–Crippen LogP) is 3.31. The molecule has 0 aliphatic heterocycles. The van der Waals surface area contributed by atoms with Gasteiger partial charge in [0.15, 0.2) is 0 Å². The zero-order valence-corrected chi connectivity index (χ0v) is 14.4. The molecule has 1 atom stereocenters. The maximum Gasteiger partial charge on any atom is 0.0593 e. The van der Waals surface area contributed by atoms with Gasteiger partial charge in [0.25, 0.3) is 0 Å². The summed E-state index contributed by atoms with van der Waals surface area (Å²) in [6.45, 7) is 16.5. The molecule has 1 rings (SSSR count). The number of hydrogen-bond donors (Lipinski definition) is 1. The van der Waals surface area contributed by atoms with Crippen molar-refractivity contribution >= 4 is 0 Å². The molecule has 0 spiro atoms. The summed E-state index contributed by atoms with van der Waals surface area (Å²) in [6.07, 6.45) is 0. The van der Waals surface area contributed by atoms with E-state index in [1.807, 2.05) is 6.92 Å². The van der Waals surface area contributed by atoms with Crippen molar-refractivity contribution in [1.29, 1.82) is 0 Å². The zero-order chi connectivity index (χ0) is 15.7. The summed E-state index contributed by atoms with van der Waals surface area (Å²) in [5, 5.41) is 3.63. The van der Waals surface area contributed by atoms with E-state index < -0.39 is 0 Å². The third kappa shape index (κ3) is 6.60. The van der Waals surface area contributed by atoms with Crippen LogP contribution in [0.4, 0.5) is 0 Å². The summed E-state index contributed by atoms with van der Waals surface area (Å²) in [7, 11) is 0. The number of benzene rings is 1. The van der Waals surface area contributed by atoms with E-state index in [1.165, 1.54) is 16.7 Å². The Balaban J connectivity index is 2.75. The van der Waals surface area contributed by atoms with E-state index in [-0.39, 0.29) is 0 Å². The lowest BCUT2D eigenvalue weighted by atomic mass is 10.0. The normalized spacial score (nSPS) is 12.9. The molecule has 1 unspecified atom stereocenters. The van der Waals surface area contributed by atoms with E-state index in [0.29, 0.717) is 6.04 Å². The van der Waals surface area contributed by atoms with Crippen LogP contribution < -0.4 is 5.32 Å². The van der Waals surface area contributed by atoms with Crippen molar-refractivity contribution in [1.82, 2.24) is 10.2 Å². The van der Waals surface area contributed by atoms with E-state index in [1.54, 1.807) is 0 Å². The van der Waals surface area contributed by atoms with Crippen LogP contribution in [0, 0.1) is 13.8 Å². The SMILES string of the molecule is CCNC(CN(CC)CCOCC)c1cc(C)cc(C)c1. The molecule has 120 valence electrons. The number of nitrogens with one attached hydrogen (secondary N) is 1. The quantitative estimate of drug-likeness (QED) is 0.670. The summed E-state index contributed by atoms with van der Waals surface area (Å²) >= 11 is 0. The lowest BCUT2D eigenvalue weighted by Gasteiger charge is -2.27. The van der Waals surface area contributed by atoms with Gasteiger partial charge in [0.05, 0.1) is 6.61 Å². The molecule has 0 heterocycles. The van der Waals surface area contributed by atoms with Crippen molar-refractivity contribution < 1.29 is 4.74 Å². The summed E-state index contributed by atoms with van der Waals surface area (Å²) in [4.78, 5) is 2.46. The fourth-order valence-corrected chi connectivity index (χ4v) is 2.72. The second-order valence-corrected chi connectivity index (χ2v) is 5.62. The average Bonchev–Trinajstić information content (AvgIpc) is 2.44. The standard InChI is InChI=1S/C18H32N2O/c1-6-19-18(14-20(7-2)9-10-21-8-3)17-12-15(4)11-16(5)13-17/h11-13,18-19H,6-10,14H2,1-5H3. The van der Waals surface area contributed by atoms with Crippen molar-refractivity contribution in [3.63, 3.8) is 0 Å². The molecule has 21 heavy (non-hydrogen) atoms. The van der Waals surface area contributed by atoms with Crippen molar-refractivity contribution in [3.05, 3.63) is 34.9 Å². The minimum Gasteiger partial charge on any atom is -0.380 e. The highest BCUT2D eigenvalue weighted by Crippen LogP contribution is 2.18. The second kappa shape index (κ2) is 9.93. The molecule has 0 aromatic heterocycles. The number of ether oxygens (including phenoxy) is 1. The van der Waals surface area contributed by atoms with Crippen LogP contribution >= 0.6 is 0 Å². The number of nitrogens with zero attached hydrogens (tertiary/aromatic N) is 1. The first-order valence-electron chi connectivity index (χ1n) is 8.22. The highest BCUT2D eigenvalue weighted by atomic mass is 16.5. The van der Waals surface area contributed by atoms with Gasteiger partial charge >= 0.3 is 0 Å². The Morgan fingerprint density at radius 1 is 1.10 bits per heavy atom. The van der Waals surface area contributed by atoms with E-state index in [4.69, 9.17) is 4.74 Å². The first-order chi connectivity index (χ1) is 10.1. The zero-order valence-electron chi connectivity index (χ0n) is 14.4. The third-order valence-electron chi connectivity index (χ3n) is 3.74. The molecule has 0 fully saturated rings. The molecule has 1 aromatic rings. The van der Waals surface area contributed by atoms with Crippen molar-refractivity contribution in [2.24, 2.45) is 0 Å². The van der Waals surface area contributed by atoms with Gasteiger partial charge in [0.1, 0.15) is 0 Å². The number of hydrogen-bond acceptors (Lipinski definition) is 3. The van der Waals surface area contributed by atoms with Crippen molar-refractivity contribution in [2.75, 3.05) is 39.4 Å². The van der Waals surface area contributed by atoms with Crippen molar-refractivity contribution in [3.8, 4) is 0 Å². The summed E-state index contributed by atoms with van der Waals surface area (Å²) < 4.78 is 5.49. The molecule has 3 nitrogen and oxygen atoms in total. The van der Waals surface area contributed by atoms with Gasteiger partial charge in [-0.2, -0.15) is 0 Å². The van der Waals surface area contributed by atoms with E-state index >= 15 is 0 Å². The van der Waals surface area contributed by atoms with Crippen LogP contribution in [-0.4, -0.2) is 44.3 Å². The van der Waals surface area contributed by atoms with Crippen LogP contribution in [-0.2, 0) is 4.74 Å². The molecule has 0 saturated heterocycles. The number of aryl methyl sites for hydroxylation is 2. The van der Waals surface area contributed by atoms with Crippen LogP contribution in [0.2, 0.25) is 0 Å². The lowest BCUT2D eigenvalue weighted by molar-refractivity contribution is 0.111. The van der Waals surface area contributed by atoms with Crippen LogP contribution in [0.5, 0.6) is 0 Å². The smallest absolute Gasteiger partial charge is 0.0593 e. The molecular formula is C18H32N2O. The van der Waals surface area contributed by atoms with Gasteiger partial charge in [-0.25, -0.2) is 0 Å². The van der Waals surface area contributed by atoms with E-state index in [0.717, 1.165) is 39.4 Å². The van der Waals surface area contributed by atoms with Crippen molar-refractivity contribution in [2.45, 2.75) is 40.7 Å². The Hall–Kier alpha value is -0.900. The third-order valence-corrected chi connectivity index (χ3v) is 3.74. The number of rotatable bonds is 10. The maximum absolute atomic E-state index is 5.49. The molecule has 0 amide bonds. The van der Waals surface area contributed by atoms with Gasteiger partial charge in [-0.3, -0.25) is 4.90 Å². The summed E-state index contributed by atoms with van der Waals surface area (Å²) in [6, 6.07) is 7.22. The molecule has 0 radical (unpaired) electrons. The molecule has 0 aliphatic carbocycles. The van der Waals surface area contributed by atoms with Crippen LogP contribution in [0.3, 0.4) is 0 Å². The Labute approximate surface area is 130 Å². The first kappa shape index (κ1) is 18.1.